The average Bonchev–Trinajstić information content (AvgIpc) is 3.88. The topological polar surface area (TPSA) is 177 Å². The Morgan fingerprint density at radius 3 is 1.65 bits per heavy atom. The number of anilines is 2. The van der Waals surface area contributed by atoms with Crippen LogP contribution in [-0.2, 0) is 63.4 Å². The minimum absolute atomic E-state index is 0.130. The van der Waals surface area contributed by atoms with E-state index < -0.39 is 0 Å². The van der Waals surface area contributed by atoms with Crippen LogP contribution in [0.4, 0.5) is 11.4 Å². The summed E-state index contributed by atoms with van der Waals surface area (Å²) in [6.45, 7) is 21.8. The molecule has 0 aromatic heterocycles. The van der Waals surface area contributed by atoms with Crippen LogP contribution < -0.4 is 26.2 Å². The maximum absolute atomic E-state index is 6.72. The molecule has 0 radical (unpaired) electrons. The van der Waals surface area contributed by atoms with Gasteiger partial charge in [0.15, 0.2) is 0 Å². The zero-order valence-electron chi connectivity index (χ0n) is 40.9. The van der Waals surface area contributed by atoms with Gasteiger partial charge in [0.05, 0.1) is 174 Å². The number of hydroxylamine groups is 1. The van der Waals surface area contributed by atoms with Crippen molar-refractivity contribution >= 4 is 28.5 Å². The molecule has 0 amide bonds. The highest BCUT2D eigenvalue weighted by molar-refractivity contribution is 6.32. The zero-order valence-corrected chi connectivity index (χ0v) is 41.6. The van der Waals surface area contributed by atoms with Crippen LogP contribution in [0.25, 0.3) is 5.57 Å². The first-order chi connectivity index (χ1) is 33.4. The van der Waals surface area contributed by atoms with E-state index in [1.54, 1.807) is 0 Å². The molecule has 18 nitrogen and oxygen atoms in total. The number of nitrogens with zero attached hydrogens (tertiary/aromatic N) is 2. The predicted octanol–water partition coefficient (Wildman–Crippen LogP) is 4.41. The monoisotopic (exact) mass is 982 g/mol. The van der Waals surface area contributed by atoms with Gasteiger partial charge in [-0.3, -0.25) is 4.90 Å². The summed E-state index contributed by atoms with van der Waals surface area (Å²) in [4.78, 5) is 10.7. The first-order valence-corrected chi connectivity index (χ1v) is 24.8. The maximum atomic E-state index is 6.72. The van der Waals surface area contributed by atoms with E-state index in [-0.39, 0.29) is 12.2 Å². The molecule has 2 aromatic rings. The van der Waals surface area contributed by atoms with E-state index in [0.717, 1.165) is 62.7 Å². The van der Waals surface area contributed by atoms with Gasteiger partial charge in [0.2, 0.25) is 0 Å². The molecular formula is C49H80ClN5O13. The first kappa shape index (κ1) is 56.0. The fraction of sp³-hybridized carbons (Fsp3) is 0.714. The summed E-state index contributed by atoms with van der Waals surface area (Å²) >= 11 is 6.72. The van der Waals surface area contributed by atoms with Crippen LogP contribution in [0.1, 0.15) is 38.3 Å². The molecule has 3 aliphatic heterocycles. The van der Waals surface area contributed by atoms with E-state index in [4.69, 9.17) is 79.0 Å². The number of nitrogens with two attached hydrogens (primary N) is 1. The summed E-state index contributed by atoms with van der Waals surface area (Å²) in [5, 5.41) is 4.46. The van der Waals surface area contributed by atoms with Gasteiger partial charge in [-0.05, 0) is 69.0 Å². The number of hydrogen-bond donors (Lipinski definition) is 3. The Kier molecular flexibility index (Phi) is 28.4. The molecule has 1 saturated heterocycles. The van der Waals surface area contributed by atoms with Gasteiger partial charge in [0.25, 0.3) is 0 Å². The second-order valence-corrected chi connectivity index (χ2v) is 16.9. The van der Waals surface area contributed by atoms with Gasteiger partial charge in [-0.1, -0.05) is 23.7 Å². The maximum Gasteiger partial charge on any atom is 0.138 e. The summed E-state index contributed by atoms with van der Waals surface area (Å²) in [6, 6.07) is 13.3. The van der Waals surface area contributed by atoms with Gasteiger partial charge in [0, 0.05) is 37.8 Å². The number of ether oxygens (including phenoxy) is 12. The molecule has 1 fully saturated rings. The number of benzene rings is 2. The van der Waals surface area contributed by atoms with Gasteiger partial charge < -0.3 is 77.6 Å². The van der Waals surface area contributed by atoms with E-state index in [1.807, 2.05) is 19.1 Å². The van der Waals surface area contributed by atoms with Crippen LogP contribution in [0.5, 0.6) is 5.75 Å². The van der Waals surface area contributed by atoms with Crippen LogP contribution in [0.2, 0.25) is 5.02 Å². The Morgan fingerprint density at radius 1 is 0.676 bits per heavy atom. The summed E-state index contributed by atoms with van der Waals surface area (Å²) in [5.41, 5.74) is 14.4. The standard InChI is InChI=1S/C49H80ClN5O13/c1-39(54-11-14-57-15-12-54)38-55-46-7-6-43(49-40(2)53-68-41(49)3)37-45(46)52-48(55)9-5-42-4-8-47(44(50)36-42)67-35-34-66-33-32-65-31-30-64-29-28-63-27-26-62-25-24-61-23-22-60-21-20-59-19-18-58-17-16-56-13-10-51/h4,6-8,36-37,39-40,48,52-53H,5,9-35,38,51H2,1-3H3/t39-,40?,48?/m0/s1. The zero-order chi connectivity index (χ0) is 47.9. The summed E-state index contributed by atoms with van der Waals surface area (Å²) in [6.07, 6.45) is 1.91. The van der Waals surface area contributed by atoms with Crippen LogP contribution in [0.15, 0.2) is 42.2 Å². The molecule has 0 aliphatic carbocycles. The van der Waals surface area contributed by atoms with E-state index in [1.165, 1.54) is 16.8 Å². The molecule has 3 atom stereocenters. The van der Waals surface area contributed by atoms with Crippen molar-refractivity contribution in [2.24, 2.45) is 5.73 Å². The smallest absolute Gasteiger partial charge is 0.138 e. The number of nitrogens with one attached hydrogen (secondary N) is 2. The number of aryl methyl sites for hydroxylation is 1. The number of fused-ring (bicyclic) bond motifs is 1. The van der Waals surface area contributed by atoms with Crippen LogP contribution in [0, 0.1) is 0 Å². The summed E-state index contributed by atoms with van der Waals surface area (Å²) < 4.78 is 66.6. The highest BCUT2D eigenvalue weighted by Gasteiger charge is 2.32. The van der Waals surface area contributed by atoms with Gasteiger partial charge in [0.1, 0.15) is 18.1 Å². The Labute approximate surface area is 409 Å². The molecule has 4 N–H and O–H groups in total. The van der Waals surface area contributed by atoms with Crippen molar-refractivity contribution in [3.63, 3.8) is 0 Å². The number of rotatable bonds is 40. The lowest BCUT2D eigenvalue weighted by molar-refractivity contribution is -0.0266. The van der Waals surface area contributed by atoms with Gasteiger partial charge in [-0.25, -0.2) is 0 Å². The molecule has 2 aromatic carbocycles. The molecule has 5 rings (SSSR count). The highest BCUT2D eigenvalue weighted by atomic mass is 35.5. The van der Waals surface area contributed by atoms with E-state index in [2.05, 4.69) is 58.7 Å². The Morgan fingerprint density at radius 2 is 1.18 bits per heavy atom. The van der Waals surface area contributed by atoms with Crippen molar-refractivity contribution in [1.29, 1.82) is 0 Å². The summed E-state index contributed by atoms with van der Waals surface area (Å²) in [5.74, 6) is 1.56. The largest absolute Gasteiger partial charge is 0.490 e. The quantitative estimate of drug-likeness (QED) is 0.0800. The van der Waals surface area contributed by atoms with Crippen LogP contribution in [0.3, 0.4) is 0 Å². The van der Waals surface area contributed by atoms with Crippen molar-refractivity contribution in [2.75, 3.05) is 188 Å². The SMILES string of the molecule is CC1=C(c2ccc3c(c2)NC(CCc2ccc(OCCOCCOCCOCCOCCOCCOCCOCCOCCOCCOCCN)c(Cl)c2)N3C[C@H](C)N2CCOCC2)C(C)NO1. The third kappa shape index (κ3) is 21.2. The number of halogens is 1. The Balaban J connectivity index is 0.822. The number of hydrogen-bond acceptors (Lipinski definition) is 18. The molecule has 3 aliphatic rings. The lowest BCUT2D eigenvalue weighted by atomic mass is 9.98. The van der Waals surface area contributed by atoms with E-state index in [9.17, 15) is 0 Å². The third-order valence-electron chi connectivity index (χ3n) is 11.4. The van der Waals surface area contributed by atoms with Crippen LogP contribution in [-0.4, -0.2) is 201 Å². The highest BCUT2D eigenvalue weighted by Crippen LogP contribution is 2.40. The minimum atomic E-state index is 0.130. The molecule has 19 heteroatoms. The fourth-order valence-electron chi connectivity index (χ4n) is 7.91. The van der Waals surface area contributed by atoms with Gasteiger partial charge in [-0.15, -0.1) is 5.48 Å². The molecule has 0 spiro atoms. The van der Waals surface area contributed by atoms with Crippen LogP contribution >= 0.6 is 11.6 Å². The molecule has 3 heterocycles. The van der Waals surface area contributed by atoms with Crippen molar-refractivity contribution in [3.8, 4) is 5.75 Å². The molecule has 2 unspecified atom stereocenters. The molecule has 0 saturated carbocycles. The Bertz CT molecular complexity index is 1680. The van der Waals surface area contributed by atoms with Gasteiger partial charge >= 0.3 is 0 Å². The third-order valence-corrected chi connectivity index (χ3v) is 11.7. The molecule has 68 heavy (non-hydrogen) atoms. The van der Waals surface area contributed by atoms with E-state index in [0.29, 0.717) is 162 Å². The van der Waals surface area contributed by atoms with Crippen molar-refractivity contribution < 1.29 is 61.7 Å². The average molecular weight is 983 g/mol. The van der Waals surface area contributed by atoms with Gasteiger partial charge in [-0.2, -0.15) is 0 Å². The summed E-state index contributed by atoms with van der Waals surface area (Å²) in [7, 11) is 0. The normalized spacial score (nSPS) is 17.8. The number of morpholine rings is 1. The second kappa shape index (κ2) is 34.4. The fourth-order valence-corrected chi connectivity index (χ4v) is 8.17. The minimum Gasteiger partial charge on any atom is -0.490 e. The molecule has 0 bridgehead atoms. The Hall–Kier alpha value is -2.89. The lowest BCUT2D eigenvalue weighted by Crippen LogP contribution is -2.49. The van der Waals surface area contributed by atoms with Crippen molar-refractivity contribution in [2.45, 2.75) is 51.9 Å². The predicted molar refractivity (Wildman–Crippen MR) is 262 cm³/mol. The lowest BCUT2D eigenvalue weighted by Gasteiger charge is -2.37. The van der Waals surface area contributed by atoms with Crippen molar-refractivity contribution in [1.82, 2.24) is 10.4 Å². The molecular weight excluding hydrogens is 902 g/mol. The van der Waals surface area contributed by atoms with E-state index >= 15 is 0 Å². The molecule has 386 valence electrons. The second-order valence-electron chi connectivity index (χ2n) is 16.5. The number of allylic oxidation sites excluding steroid dienone is 1. The first-order valence-electron chi connectivity index (χ1n) is 24.5. The van der Waals surface area contributed by atoms with Crippen molar-refractivity contribution in [3.05, 3.63) is 58.3 Å².